The number of hydrogen-bond donors (Lipinski definition) is 0. The van der Waals surface area contributed by atoms with Gasteiger partial charge in [0.1, 0.15) is 18.1 Å². The molecule has 140 valence electrons. The van der Waals surface area contributed by atoms with E-state index >= 15 is 0 Å². The minimum Gasteiger partial charge on any atom is -0.497 e. The molecular formula is C20H20BrN3O2S. The van der Waals surface area contributed by atoms with Crippen molar-refractivity contribution in [1.29, 1.82) is 0 Å². The zero-order chi connectivity index (χ0) is 19.1. The second-order valence-electron chi connectivity index (χ2n) is 5.68. The van der Waals surface area contributed by atoms with Gasteiger partial charge in [0.2, 0.25) is 0 Å². The van der Waals surface area contributed by atoms with Crippen LogP contribution in [0.2, 0.25) is 0 Å². The van der Waals surface area contributed by atoms with Crippen molar-refractivity contribution in [3.8, 4) is 11.5 Å². The molecule has 2 aromatic carbocycles. The van der Waals surface area contributed by atoms with Crippen molar-refractivity contribution in [3.63, 3.8) is 0 Å². The first-order valence-electron chi connectivity index (χ1n) is 8.36. The Labute approximate surface area is 171 Å². The summed E-state index contributed by atoms with van der Waals surface area (Å²) in [6, 6.07) is 15.7. The second kappa shape index (κ2) is 9.62. The van der Waals surface area contributed by atoms with E-state index in [0.29, 0.717) is 13.2 Å². The van der Waals surface area contributed by atoms with Gasteiger partial charge in [0.25, 0.3) is 0 Å². The largest absolute Gasteiger partial charge is 0.497 e. The number of ether oxygens (including phenoxy) is 2. The minimum absolute atomic E-state index is 0.349. The molecule has 0 aliphatic heterocycles. The van der Waals surface area contributed by atoms with Gasteiger partial charge in [-0.1, -0.05) is 45.9 Å². The van der Waals surface area contributed by atoms with E-state index in [0.717, 1.165) is 32.7 Å². The van der Waals surface area contributed by atoms with Crippen LogP contribution in [0.1, 0.15) is 11.4 Å². The molecule has 1 aromatic heterocycles. The highest BCUT2D eigenvalue weighted by Gasteiger charge is 2.13. The maximum atomic E-state index is 5.84. The lowest BCUT2D eigenvalue weighted by Gasteiger charge is -2.09. The first-order valence-corrected chi connectivity index (χ1v) is 10.1. The number of halogens is 1. The third kappa shape index (κ3) is 5.37. The molecule has 5 nitrogen and oxygen atoms in total. The fourth-order valence-electron chi connectivity index (χ4n) is 2.43. The Balaban J connectivity index is 1.68. The summed E-state index contributed by atoms with van der Waals surface area (Å²) in [5, 5.41) is 9.47. The summed E-state index contributed by atoms with van der Waals surface area (Å²) in [5.74, 6) is 3.19. The molecule has 1 heterocycles. The maximum Gasteiger partial charge on any atom is 0.191 e. The number of hydrogen-bond acceptors (Lipinski definition) is 5. The Hall–Kier alpha value is -2.25. The molecule has 7 heteroatoms. The maximum absolute atomic E-state index is 5.84. The molecule has 0 aliphatic rings. The molecule has 0 fully saturated rings. The lowest BCUT2D eigenvalue weighted by atomic mass is 10.2. The Bertz CT molecular complexity index is 896. The average molecular weight is 446 g/mol. The Morgan fingerprint density at radius 2 is 1.96 bits per heavy atom. The molecule has 0 radical (unpaired) electrons. The first kappa shape index (κ1) is 19.5. The van der Waals surface area contributed by atoms with Gasteiger partial charge in [-0.15, -0.1) is 16.8 Å². The highest BCUT2D eigenvalue weighted by molar-refractivity contribution is 9.10. The minimum atomic E-state index is 0.349. The molecule has 27 heavy (non-hydrogen) atoms. The van der Waals surface area contributed by atoms with E-state index in [1.807, 2.05) is 53.1 Å². The normalized spacial score (nSPS) is 10.6. The lowest BCUT2D eigenvalue weighted by Crippen LogP contribution is -2.07. The van der Waals surface area contributed by atoms with Crippen LogP contribution >= 0.6 is 27.7 Å². The van der Waals surface area contributed by atoms with Gasteiger partial charge in [-0.05, 0) is 42.0 Å². The highest BCUT2D eigenvalue weighted by atomic mass is 79.9. The summed E-state index contributed by atoms with van der Waals surface area (Å²) in [5.41, 5.74) is 1.17. The number of allylic oxidation sites excluding steroid dienone is 1. The molecule has 0 aliphatic carbocycles. The number of benzene rings is 2. The summed E-state index contributed by atoms with van der Waals surface area (Å²) < 4.78 is 14.2. The van der Waals surface area contributed by atoms with Crippen molar-refractivity contribution in [1.82, 2.24) is 14.8 Å². The van der Waals surface area contributed by atoms with E-state index < -0.39 is 0 Å². The van der Waals surface area contributed by atoms with Crippen molar-refractivity contribution in [2.45, 2.75) is 24.1 Å². The molecule has 0 amide bonds. The quantitative estimate of drug-likeness (QED) is 0.338. The molecule has 0 unspecified atom stereocenters. The fraction of sp³-hybridized carbons (Fsp3) is 0.200. The zero-order valence-electron chi connectivity index (χ0n) is 15.0. The van der Waals surface area contributed by atoms with Gasteiger partial charge in [-0.25, -0.2) is 0 Å². The van der Waals surface area contributed by atoms with Crippen LogP contribution in [0.3, 0.4) is 0 Å². The van der Waals surface area contributed by atoms with Crippen LogP contribution in [0.5, 0.6) is 11.5 Å². The van der Waals surface area contributed by atoms with Gasteiger partial charge in [0.05, 0.1) is 7.11 Å². The predicted molar refractivity (Wildman–Crippen MR) is 111 cm³/mol. The fourth-order valence-corrected chi connectivity index (χ4v) is 3.61. The molecule has 0 atom stereocenters. The van der Waals surface area contributed by atoms with E-state index in [-0.39, 0.29) is 0 Å². The van der Waals surface area contributed by atoms with E-state index in [9.17, 15) is 0 Å². The molecule has 0 N–H and O–H groups in total. The smallest absolute Gasteiger partial charge is 0.191 e. The van der Waals surface area contributed by atoms with Gasteiger partial charge in [0.15, 0.2) is 11.0 Å². The van der Waals surface area contributed by atoms with Crippen LogP contribution < -0.4 is 9.47 Å². The van der Waals surface area contributed by atoms with Crippen molar-refractivity contribution >= 4 is 27.7 Å². The summed E-state index contributed by atoms with van der Waals surface area (Å²) in [7, 11) is 1.67. The molecule has 3 aromatic rings. The van der Waals surface area contributed by atoms with Crippen molar-refractivity contribution < 1.29 is 9.47 Å². The number of nitrogens with zero attached hydrogens (tertiary/aromatic N) is 3. The van der Waals surface area contributed by atoms with Gasteiger partial charge in [-0.2, -0.15) is 0 Å². The Morgan fingerprint density at radius 3 is 2.70 bits per heavy atom. The van der Waals surface area contributed by atoms with Crippen LogP contribution in [0.25, 0.3) is 0 Å². The molecule has 0 saturated carbocycles. The summed E-state index contributed by atoms with van der Waals surface area (Å²) in [6.45, 7) is 4.82. The van der Waals surface area contributed by atoms with Crippen LogP contribution in [0.15, 0.2) is 70.8 Å². The van der Waals surface area contributed by atoms with E-state index in [1.54, 1.807) is 18.9 Å². The van der Waals surface area contributed by atoms with E-state index in [2.05, 4.69) is 38.8 Å². The van der Waals surface area contributed by atoms with Gasteiger partial charge >= 0.3 is 0 Å². The number of methoxy groups -OCH3 is 1. The predicted octanol–water partition coefficient (Wildman–Crippen LogP) is 5.11. The van der Waals surface area contributed by atoms with Gasteiger partial charge in [-0.3, -0.25) is 4.57 Å². The molecule has 0 bridgehead atoms. The highest BCUT2D eigenvalue weighted by Crippen LogP contribution is 2.25. The standard InChI is InChI=1S/C20H20BrN3O2S/c1-3-11-24-19(13-26-17-9-7-16(21)8-10-17)22-23-20(24)27-14-15-5-4-6-18(12-15)25-2/h3-10,12H,1,11,13-14H2,2H3. The summed E-state index contributed by atoms with van der Waals surface area (Å²) in [4.78, 5) is 0. The molecule has 0 saturated heterocycles. The van der Waals surface area contributed by atoms with Gasteiger partial charge in [0, 0.05) is 16.8 Å². The number of thioether (sulfide) groups is 1. The molecule has 3 rings (SSSR count). The average Bonchev–Trinajstić information content (AvgIpc) is 3.08. The SMILES string of the molecule is C=CCn1c(COc2ccc(Br)cc2)nnc1SCc1cccc(OC)c1. The first-order chi connectivity index (χ1) is 13.2. The van der Waals surface area contributed by atoms with Gasteiger partial charge < -0.3 is 9.47 Å². The van der Waals surface area contributed by atoms with E-state index in [1.165, 1.54) is 5.56 Å². The molecular weight excluding hydrogens is 426 g/mol. The number of rotatable bonds is 9. The third-order valence-electron chi connectivity index (χ3n) is 3.79. The van der Waals surface area contributed by atoms with Crippen LogP contribution in [0.4, 0.5) is 0 Å². The lowest BCUT2D eigenvalue weighted by molar-refractivity contribution is 0.289. The van der Waals surface area contributed by atoms with Crippen LogP contribution in [-0.4, -0.2) is 21.9 Å². The third-order valence-corrected chi connectivity index (χ3v) is 5.36. The van der Waals surface area contributed by atoms with Crippen molar-refractivity contribution in [2.24, 2.45) is 0 Å². The Kier molecular flexibility index (Phi) is 6.95. The van der Waals surface area contributed by atoms with Crippen molar-refractivity contribution in [2.75, 3.05) is 7.11 Å². The Morgan fingerprint density at radius 1 is 1.15 bits per heavy atom. The zero-order valence-corrected chi connectivity index (χ0v) is 17.4. The van der Waals surface area contributed by atoms with Crippen LogP contribution in [0, 0.1) is 0 Å². The molecule has 0 spiro atoms. The summed E-state index contributed by atoms with van der Waals surface area (Å²) >= 11 is 5.05. The van der Waals surface area contributed by atoms with Crippen LogP contribution in [-0.2, 0) is 18.9 Å². The monoisotopic (exact) mass is 445 g/mol. The second-order valence-corrected chi connectivity index (χ2v) is 7.54. The number of aromatic nitrogens is 3. The summed E-state index contributed by atoms with van der Waals surface area (Å²) in [6.07, 6.45) is 1.84. The topological polar surface area (TPSA) is 49.2 Å². The van der Waals surface area contributed by atoms with Crippen molar-refractivity contribution in [3.05, 3.63) is 77.0 Å². The van der Waals surface area contributed by atoms with E-state index in [4.69, 9.17) is 9.47 Å².